The molecule has 10 heteroatoms. The van der Waals surface area contributed by atoms with Crippen LogP contribution in [-0.2, 0) is 0 Å². The van der Waals surface area contributed by atoms with Gasteiger partial charge in [-0.3, -0.25) is 4.98 Å². The van der Waals surface area contributed by atoms with Gasteiger partial charge in [0.15, 0.2) is 0 Å². The summed E-state index contributed by atoms with van der Waals surface area (Å²) in [4.78, 5) is 21.9. The summed E-state index contributed by atoms with van der Waals surface area (Å²) in [6.45, 7) is 0. The van der Waals surface area contributed by atoms with Crippen molar-refractivity contribution in [3.63, 3.8) is 0 Å². The predicted molar refractivity (Wildman–Crippen MR) is 58.1 cm³/mol. The zero-order valence-electron chi connectivity index (χ0n) is 9.24. The first kappa shape index (κ1) is 13.0. The van der Waals surface area contributed by atoms with Crippen LogP contribution in [0.25, 0.3) is 5.69 Å². The zero-order chi connectivity index (χ0) is 14.0. The first-order valence-corrected chi connectivity index (χ1v) is 4.87. The molecular formula is C9H7F3N6O. The number of aromatic nitrogens is 4. The molecule has 0 atom stereocenters. The molecule has 0 aliphatic carbocycles. The second kappa shape index (κ2) is 4.65. The lowest BCUT2D eigenvalue weighted by atomic mass is 10.4. The van der Waals surface area contributed by atoms with Crippen LogP contribution in [0.5, 0.6) is 0 Å². The maximum Gasteiger partial charge on any atom is 0.501 e. The molecule has 2 aromatic heterocycles. The zero-order valence-corrected chi connectivity index (χ0v) is 9.24. The summed E-state index contributed by atoms with van der Waals surface area (Å²) in [6, 6.07) is 3.09. The van der Waals surface area contributed by atoms with Crippen LogP contribution in [0.15, 0.2) is 35.6 Å². The van der Waals surface area contributed by atoms with E-state index in [-0.39, 0.29) is 0 Å². The predicted octanol–water partition coefficient (Wildman–Crippen LogP) is 0.222. The highest BCUT2D eigenvalue weighted by atomic mass is 19.4. The molecule has 0 radical (unpaired) electrons. The number of alkyl halides is 3. The van der Waals surface area contributed by atoms with E-state index in [1.165, 1.54) is 18.5 Å². The highest BCUT2D eigenvalue weighted by molar-refractivity contribution is 5.30. The Hall–Kier alpha value is -2.49. The largest absolute Gasteiger partial charge is 0.501 e. The van der Waals surface area contributed by atoms with Crippen LogP contribution in [0.1, 0.15) is 0 Å². The lowest BCUT2D eigenvalue weighted by Crippen LogP contribution is -2.46. The Bertz CT molecular complexity index is 626. The van der Waals surface area contributed by atoms with Crippen LogP contribution in [0.2, 0.25) is 0 Å². The molecule has 0 fully saturated rings. The molecule has 7 nitrogen and oxygen atoms in total. The van der Waals surface area contributed by atoms with E-state index in [0.717, 1.165) is 10.9 Å². The third-order valence-electron chi connectivity index (χ3n) is 2.10. The van der Waals surface area contributed by atoms with Gasteiger partial charge in [0.25, 0.3) is 5.95 Å². The van der Waals surface area contributed by atoms with E-state index in [4.69, 9.17) is 5.84 Å². The van der Waals surface area contributed by atoms with Crippen molar-refractivity contribution < 1.29 is 13.2 Å². The number of rotatable bonds is 2. The van der Waals surface area contributed by atoms with Crippen molar-refractivity contribution in [1.29, 1.82) is 0 Å². The van der Waals surface area contributed by atoms with E-state index in [9.17, 15) is 18.0 Å². The second-order valence-electron chi connectivity index (χ2n) is 3.36. The third kappa shape index (κ3) is 2.68. The van der Waals surface area contributed by atoms with E-state index >= 15 is 0 Å². The summed E-state index contributed by atoms with van der Waals surface area (Å²) in [5.74, 6) is 3.82. The maximum absolute atomic E-state index is 12.3. The summed E-state index contributed by atoms with van der Waals surface area (Å²) >= 11 is 0. The molecule has 2 N–H and O–H groups in total. The fraction of sp³-hybridized carbons (Fsp3) is 0.111. The minimum Gasteiger partial charge on any atom is -0.263 e. The molecule has 2 heterocycles. The van der Waals surface area contributed by atoms with Gasteiger partial charge in [-0.2, -0.15) is 9.99 Å². The van der Waals surface area contributed by atoms with Gasteiger partial charge >= 0.3 is 12.0 Å². The van der Waals surface area contributed by atoms with E-state index < -0.39 is 22.9 Å². The van der Waals surface area contributed by atoms with E-state index in [1.807, 2.05) is 0 Å². The van der Waals surface area contributed by atoms with Crippen molar-refractivity contribution >= 4 is 5.95 Å². The van der Waals surface area contributed by atoms with Gasteiger partial charge in [0.05, 0.1) is 11.9 Å². The Morgan fingerprint density at radius 3 is 2.63 bits per heavy atom. The Morgan fingerprint density at radius 2 is 2.11 bits per heavy atom. The number of hydrazine groups is 1. The summed E-state index contributed by atoms with van der Waals surface area (Å²) in [5.41, 5.74) is -0.618. The molecule has 19 heavy (non-hydrogen) atoms. The third-order valence-corrected chi connectivity index (χ3v) is 2.10. The van der Waals surface area contributed by atoms with Crippen molar-refractivity contribution in [2.45, 2.75) is 6.30 Å². The van der Waals surface area contributed by atoms with Crippen LogP contribution in [-0.4, -0.2) is 25.8 Å². The summed E-state index contributed by atoms with van der Waals surface area (Å²) in [6.07, 6.45) is -1.15. The van der Waals surface area contributed by atoms with Gasteiger partial charge in [0.1, 0.15) is 6.33 Å². The molecule has 0 bridgehead atoms. The monoisotopic (exact) mass is 272 g/mol. The van der Waals surface area contributed by atoms with Crippen LogP contribution in [0, 0.1) is 0 Å². The van der Waals surface area contributed by atoms with E-state index in [1.54, 1.807) is 6.07 Å². The molecule has 2 aromatic rings. The van der Waals surface area contributed by atoms with Crippen LogP contribution in [0.4, 0.5) is 19.1 Å². The minimum absolute atomic E-state index is 0.328. The minimum atomic E-state index is -4.87. The van der Waals surface area contributed by atoms with Crippen molar-refractivity contribution in [2.75, 3.05) is 5.01 Å². The first-order valence-electron chi connectivity index (χ1n) is 4.87. The van der Waals surface area contributed by atoms with Gasteiger partial charge in [-0.1, -0.05) is 0 Å². The van der Waals surface area contributed by atoms with Crippen molar-refractivity contribution in [2.24, 2.45) is 5.84 Å². The molecule has 2 rings (SSSR count). The molecule has 0 aliphatic heterocycles. The number of halogens is 3. The van der Waals surface area contributed by atoms with Gasteiger partial charge in [0.2, 0.25) is 0 Å². The van der Waals surface area contributed by atoms with Crippen molar-refractivity contribution in [1.82, 2.24) is 19.5 Å². The molecule has 0 unspecified atom stereocenters. The smallest absolute Gasteiger partial charge is 0.263 e. The number of hydrogen-bond donors (Lipinski definition) is 1. The van der Waals surface area contributed by atoms with Crippen LogP contribution < -0.4 is 16.5 Å². The van der Waals surface area contributed by atoms with Crippen LogP contribution in [0.3, 0.4) is 0 Å². The van der Waals surface area contributed by atoms with E-state index in [2.05, 4.69) is 15.0 Å². The molecule has 0 amide bonds. The average Bonchev–Trinajstić information content (AvgIpc) is 2.37. The van der Waals surface area contributed by atoms with Crippen LogP contribution >= 0.6 is 0 Å². The molecule has 0 aromatic carbocycles. The maximum atomic E-state index is 12.3. The second-order valence-corrected chi connectivity index (χ2v) is 3.36. The molecule has 0 saturated carbocycles. The molecule has 0 aliphatic rings. The fourth-order valence-corrected chi connectivity index (χ4v) is 1.23. The molecule has 0 saturated heterocycles. The Balaban J connectivity index is 2.41. The Labute approximate surface area is 104 Å². The number of nitrogens with two attached hydrogens (primary N) is 1. The van der Waals surface area contributed by atoms with Gasteiger partial charge in [-0.05, 0) is 12.1 Å². The first-order chi connectivity index (χ1) is 8.89. The average molecular weight is 272 g/mol. The SMILES string of the molecule is NN(c1ncn(-c2cccnc2)c(=O)n1)C(F)(F)F. The highest BCUT2D eigenvalue weighted by Crippen LogP contribution is 2.20. The lowest BCUT2D eigenvalue weighted by Gasteiger charge is -2.18. The highest BCUT2D eigenvalue weighted by Gasteiger charge is 2.37. The lowest BCUT2D eigenvalue weighted by molar-refractivity contribution is -0.130. The molecule has 100 valence electrons. The van der Waals surface area contributed by atoms with Crippen molar-refractivity contribution in [3.8, 4) is 5.69 Å². The normalized spacial score (nSPS) is 11.4. The molecule has 0 spiro atoms. The number of pyridine rings is 1. The van der Waals surface area contributed by atoms with E-state index in [0.29, 0.717) is 5.69 Å². The standard InChI is InChI=1S/C9H7F3N6O/c10-9(11,12)18(13)7-15-5-17(8(19)16-7)6-2-1-3-14-4-6/h1-5H,13H2. The Kier molecular flexibility index (Phi) is 3.17. The quantitative estimate of drug-likeness (QED) is 0.478. The number of anilines is 1. The Morgan fingerprint density at radius 1 is 1.37 bits per heavy atom. The fourth-order valence-electron chi connectivity index (χ4n) is 1.23. The summed E-state index contributed by atoms with van der Waals surface area (Å²) in [7, 11) is 0. The number of hydrogen-bond acceptors (Lipinski definition) is 6. The number of nitrogens with zero attached hydrogens (tertiary/aromatic N) is 5. The van der Waals surface area contributed by atoms with Gasteiger partial charge in [-0.25, -0.2) is 20.2 Å². The van der Waals surface area contributed by atoms with Gasteiger partial charge in [0, 0.05) is 6.20 Å². The molecular weight excluding hydrogens is 265 g/mol. The summed E-state index contributed by atoms with van der Waals surface area (Å²) < 4.78 is 37.8. The topological polar surface area (TPSA) is 89.9 Å². The van der Waals surface area contributed by atoms with Gasteiger partial charge in [-0.15, -0.1) is 13.2 Å². The summed E-state index contributed by atoms with van der Waals surface area (Å²) in [5, 5.41) is -0.637. The van der Waals surface area contributed by atoms with Gasteiger partial charge < -0.3 is 0 Å². The van der Waals surface area contributed by atoms with Crippen molar-refractivity contribution in [3.05, 3.63) is 41.3 Å².